The number of hydrogen-bond donors (Lipinski definition) is 0. The highest BCUT2D eigenvalue weighted by molar-refractivity contribution is 5.91. The second-order valence-corrected chi connectivity index (χ2v) is 8.14. The van der Waals surface area contributed by atoms with Crippen LogP contribution in [0.1, 0.15) is 44.7 Å². The van der Waals surface area contributed by atoms with E-state index >= 15 is 0 Å². The highest BCUT2D eigenvalue weighted by Gasteiger charge is 2.38. The van der Waals surface area contributed by atoms with E-state index in [9.17, 15) is 14.4 Å². The summed E-state index contributed by atoms with van der Waals surface area (Å²) in [5, 5.41) is 0.570. The van der Waals surface area contributed by atoms with Crippen molar-refractivity contribution in [1.29, 1.82) is 0 Å². The fourth-order valence-corrected chi connectivity index (χ4v) is 3.38. The second kappa shape index (κ2) is 7.30. The molecular formula is C21H25NO6. The van der Waals surface area contributed by atoms with Crippen LogP contribution in [0.2, 0.25) is 0 Å². The fraction of sp³-hybridized carbons (Fsp3) is 0.476. The van der Waals surface area contributed by atoms with Crippen molar-refractivity contribution in [2.24, 2.45) is 0 Å². The van der Waals surface area contributed by atoms with Crippen LogP contribution in [0, 0.1) is 13.8 Å². The van der Waals surface area contributed by atoms with Crippen molar-refractivity contribution in [3.05, 3.63) is 39.7 Å². The largest absolute Gasteiger partial charge is 0.444 e. The van der Waals surface area contributed by atoms with Crippen molar-refractivity contribution in [3.8, 4) is 5.75 Å². The summed E-state index contributed by atoms with van der Waals surface area (Å²) in [7, 11) is 0. The van der Waals surface area contributed by atoms with E-state index in [4.69, 9.17) is 13.9 Å². The molecule has 0 N–H and O–H groups in total. The normalized spacial score (nSPS) is 17.0. The molecule has 3 rings (SSSR count). The Labute approximate surface area is 163 Å². The zero-order valence-corrected chi connectivity index (χ0v) is 16.8. The van der Waals surface area contributed by atoms with Gasteiger partial charge in [0.2, 0.25) is 0 Å². The Hall–Kier alpha value is -2.83. The number of carbonyl (C=O) groups excluding carboxylic acids is 2. The molecular weight excluding hydrogens is 362 g/mol. The third kappa shape index (κ3) is 4.18. The molecule has 150 valence electrons. The molecule has 1 fully saturated rings. The van der Waals surface area contributed by atoms with E-state index in [0.29, 0.717) is 41.7 Å². The minimum atomic E-state index is -0.707. The van der Waals surface area contributed by atoms with Crippen LogP contribution in [0.15, 0.2) is 27.4 Å². The number of esters is 1. The van der Waals surface area contributed by atoms with Crippen LogP contribution in [-0.2, 0) is 9.53 Å². The van der Waals surface area contributed by atoms with Gasteiger partial charge in [0.15, 0.2) is 0 Å². The Kier molecular flexibility index (Phi) is 5.19. The maximum absolute atomic E-state index is 12.9. The molecule has 7 heteroatoms. The molecule has 1 aliphatic rings. The third-order valence-electron chi connectivity index (χ3n) is 4.51. The van der Waals surface area contributed by atoms with Gasteiger partial charge in [0.25, 0.3) is 0 Å². The molecule has 7 nitrogen and oxygen atoms in total. The number of likely N-dealkylation sites (tertiary alicyclic amines) is 1. The summed E-state index contributed by atoms with van der Waals surface area (Å²) >= 11 is 0. The molecule has 0 aliphatic carbocycles. The average Bonchev–Trinajstić information content (AvgIpc) is 3.01. The maximum Gasteiger partial charge on any atom is 0.411 e. The monoisotopic (exact) mass is 387 g/mol. The van der Waals surface area contributed by atoms with Gasteiger partial charge in [0.1, 0.15) is 23.0 Å². The van der Waals surface area contributed by atoms with Gasteiger partial charge in [0, 0.05) is 12.6 Å². The highest BCUT2D eigenvalue weighted by Crippen LogP contribution is 2.31. The molecule has 28 heavy (non-hydrogen) atoms. The predicted molar refractivity (Wildman–Crippen MR) is 104 cm³/mol. The number of hydrogen-bond acceptors (Lipinski definition) is 6. The third-order valence-corrected chi connectivity index (χ3v) is 4.51. The van der Waals surface area contributed by atoms with Crippen LogP contribution in [-0.4, -0.2) is 35.2 Å². The predicted octanol–water partition coefficient (Wildman–Crippen LogP) is 3.71. The molecule has 0 saturated carbocycles. The molecule has 1 aromatic heterocycles. The molecule has 1 saturated heterocycles. The van der Waals surface area contributed by atoms with Gasteiger partial charge < -0.3 is 13.9 Å². The van der Waals surface area contributed by atoms with E-state index in [-0.39, 0.29) is 0 Å². The number of aryl methyl sites for hydroxylation is 2. The summed E-state index contributed by atoms with van der Waals surface area (Å²) in [6.45, 7) is 9.37. The van der Waals surface area contributed by atoms with Crippen molar-refractivity contribution in [2.45, 2.75) is 59.1 Å². The van der Waals surface area contributed by atoms with Crippen molar-refractivity contribution in [3.63, 3.8) is 0 Å². The van der Waals surface area contributed by atoms with Crippen LogP contribution in [0.25, 0.3) is 11.0 Å². The number of ether oxygens (including phenoxy) is 2. The van der Waals surface area contributed by atoms with Gasteiger partial charge in [-0.25, -0.2) is 14.4 Å². The molecule has 2 heterocycles. The SMILES string of the molecule is Cc1cc(OC(=O)[C@@H]2CCCN2C(=O)OC(C)(C)C)c2c(C)cc(=O)oc2c1. The van der Waals surface area contributed by atoms with Gasteiger partial charge in [0.05, 0.1) is 5.39 Å². The number of carbonyl (C=O) groups is 2. The molecule has 1 aromatic carbocycles. The van der Waals surface area contributed by atoms with E-state index in [2.05, 4.69) is 0 Å². The van der Waals surface area contributed by atoms with E-state index < -0.39 is 29.3 Å². The standard InChI is InChI=1S/C21H25NO6/c1-12-9-15-18(13(2)11-17(23)26-15)16(10-12)27-19(24)14-7-6-8-22(14)20(25)28-21(3,4)5/h9-11,14H,6-8H2,1-5H3/t14-/m0/s1. The first kappa shape index (κ1) is 19.9. The first-order valence-electron chi connectivity index (χ1n) is 9.31. The topological polar surface area (TPSA) is 86.0 Å². The van der Waals surface area contributed by atoms with E-state index in [1.807, 2.05) is 6.92 Å². The average molecular weight is 387 g/mol. The number of amides is 1. The van der Waals surface area contributed by atoms with Crippen molar-refractivity contribution < 1.29 is 23.5 Å². The molecule has 1 amide bonds. The Balaban J connectivity index is 1.88. The molecule has 0 radical (unpaired) electrons. The van der Waals surface area contributed by atoms with Gasteiger partial charge in [-0.15, -0.1) is 0 Å². The zero-order chi connectivity index (χ0) is 20.6. The molecule has 2 aromatic rings. The first-order valence-corrected chi connectivity index (χ1v) is 9.31. The van der Waals surface area contributed by atoms with E-state index in [1.165, 1.54) is 11.0 Å². The van der Waals surface area contributed by atoms with Crippen molar-refractivity contribution in [2.75, 3.05) is 6.54 Å². The highest BCUT2D eigenvalue weighted by atomic mass is 16.6. The lowest BCUT2D eigenvalue weighted by atomic mass is 10.1. The zero-order valence-electron chi connectivity index (χ0n) is 16.8. The molecule has 0 unspecified atom stereocenters. The minimum Gasteiger partial charge on any atom is -0.444 e. The number of benzene rings is 1. The second-order valence-electron chi connectivity index (χ2n) is 8.14. The number of fused-ring (bicyclic) bond motifs is 1. The Morgan fingerprint density at radius 3 is 2.57 bits per heavy atom. The van der Waals surface area contributed by atoms with Crippen molar-refractivity contribution >= 4 is 23.0 Å². The summed E-state index contributed by atoms with van der Waals surface area (Å²) in [5.74, 6) is -0.210. The van der Waals surface area contributed by atoms with Gasteiger partial charge in [-0.05, 0) is 70.7 Å². The first-order chi connectivity index (χ1) is 13.0. The van der Waals surface area contributed by atoms with Crippen molar-refractivity contribution in [1.82, 2.24) is 4.90 Å². The fourth-order valence-electron chi connectivity index (χ4n) is 3.38. The summed E-state index contributed by atoms with van der Waals surface area (Å²) in [6.07, 6.45) is 0.681. The maximum atomic E-state index is 12.9. The molecule has 1 atom stereocenters. The molecule has 1 aliphatic heterocycles. The van der Waals surface area contributed by atoms with Crippen LogP contribution in [0.5, 0.6) is 5.75 Å². The smallest absolute Gasteiger partial charge is 0.411 e. The quantitative estimate of drug-likeness (QED) is 0.444. The van der Waals surface area contributed by atoms with Gasteiger partial charge in [-0.3, -0.25) is 4.90 Å². The molecule has 0 bridgehead atoms. The van der Waals surface area contributed by atoms with Crippen LogP contribution < -0.4 is 10.4 Å². The van der Waals surface area contributed by atoms with Gasteiger partial charge >= 0.3 is 17.7 Å². The summed E-state index contributed by atoms with van der Waals surface area (Å²) in [6, 6.07) is 4.10. The lowest BCUT2D eigenvalue weighted by molar-refractivity contribution is -0.139. The lowest BCUT2D eigenvalue weighted by Crippen LogP contribution is -2.44. The Morgan fingerprint density at radius 2 is 1.89 bits per heavy atom. The number of rotatable bonds is 2. The summed E-state index contributed by atoms with van der Waals surface area (Å²) < 4.78 is 16.3. The lowest BCUT2D eigenvalue weighted by Gasteiger charge is -2.27. The molecule has 0 spiro atoms. The van der Waals surface area contributed by atoms with Gasteiger partial charge in [-0.2, -0.15) is 0 Å². The Morgan fingerprint density at radius 1 is 1.18 bits per heavy atom. The van der Waals surface area contributed by atoms with E-state index in [1.54, 1.807) is 39.8 Å². The van der Waals surface area contributed by atoms with E-state index in [0.717, 1.165) is 5.56 Å². The van der Waals surface area contributed by atoms with Crippen LogP contribution in [0.3, 0.4) is 0 Å². The van der Waals surface area contributed by atoms with Crippen LogP contribution in [0.4, 0.5) is 4.79 Å². The summed E-state index contributed by atoms with van der Waals surface area (Å²) in [5.41, 5.74) is 0.710. The van der Waals surface area contributed by atoms with Gasteiger partial charge in [-0.1, -0.05) is 0 Å². The summed E-state index contributed by atoms with van der Waals surface area (Å²) in [4.78, 5) is 38.4. The number of nitrogens with zero attached hydrogens (tertiary/aromatic N) is 1. The Bertz CT molecular complexity index is 985. The van der Waals surface area contributed by atoms with Crippen LogP contribution >= 0.6 is 0 Å². The minimum absolute atomic E-state index is 0.317.